The lowest BCUT2D eigenvalue weighted by Crippen LogP contribution is -2.36. The van der Waals surface area contributed by atoms with E-state index in [9.17, 15) is 0 Å². The smallest absolute Gasteiger partial charge is 0.191 e. The van der Waals surface area contributed by atoms with Crippen molar-refractivity contribution in [3.8, 4) is 5.75 Å². The highest BCUT2D eigenvalue weighted by Crippen LogP contribution is 2.16. The normalized spacial score (nSPS) is 11.5. The van der Waals surface area contributed by atoms with Crippen molar-refractivity contribution in [3.63, 3.8) is 0 Å². The van der Waals surface area contributed by atoms with Crippen LogP contribution >= 0.6 is 0 Å². The summed E-state index contributed by atoms with van der Waals surface area (Å²) in [6, 6.07) is 16.6. The van der Waals surface area contributed by atoms with Crippen LogP contribution in [-0.4, -0.2) is 38.6 Å². The lowest BCUT2D eigenvalue weighted by molar-refractivity contribution is 0.402. The molecule has 0 aromatic heterocycles. The molecule has 0 radical (unpaired) electrons. The highest BCUT2D eigenvalue weighted by molar-refractivity contribution is 5.79. The molecule has 2 rings (SSSR count). The molecule has 2 aromatic rings. The predicted octanol–water partition coefficient (Wildman–Crippen LogP) is 3.01. The summed E-state index contributed by atoms with van der Waals surface area (Å²) in [5.74, 6) is 1.68. The maximum Gasteiger partial charge on any atom is 0.191 e. The van der Waals surface area contributed by atoms with E-state index in [1.165, 1.54) is 11.1 Å². The van der Waals surface area contributed by atoms with E-state index in [-0.39, 0.29) is 0 Å². The largest absolute Gasteiger partial charge is 0.496 e. The molecule has 5 heteroatoms. The van der Waals surface area contributed by atoms with Crippen molar-refractivity contribution >= 4 is 5.96 Å². The molecule has 26 heavy (non-hydrogen) atoms. The molecule has 0 unspecified atom stereocenters. The van der Waals surface area contributed by atoms with Crippen molar-refractivity contribution in [3.05, 3.63) is 65.2 Å². The summed E-state index contributed by atoms with van der Waals surface area (Å²) >= 11 is 0. The molecular weight excluding hydrogens is 324 g/mol. The molecule has 0 spiro atoms. The van der Waals surface area contributed by atoms with Gasteiger partial charge in [-0.1, -0.05) is 42.5 Å². The first-order valence-electron chi connectivity index (χ1n) is 8.99. The number of hydrogen-bond acceptors (Lipinski definition) is 3. The molecule has 0 saturated heterocycles. The van der Waals surface area contributed by atoms with Crippen molar-refractivity contribution in [2.24, 2.45) is 4.99 Å². The molecule has 0 heterocycles. The predicted molar refractivity (Wildman–Crippen MR) is 108 cm³/mol. The van der Waals surface area contributed by atoms with Crippen LogP contribution in [0.3, 0.4) is 0 Å². The summed E-state index contributed by atoms with van der Waals surface area (Å²) in [4.78, 5) is 6.85. The minimum atomic E-state index is 0.642. The Bertz CT molecular complexity index is 695. The number of benzene rings is 2. The Morgan fingerprint density at radius 3 is 2.35 bits per heavy atom. The number of ether oxygens (including phenoxy) is 1. The van der Waals surface area contributed by atoms with Gasteiger partial charge in [-0.15, -0.1) is 0 Å². The van der Waals surface area contributed by atoms with Gasteiger partial charge in [-0.05, 0) is 38.2 Å². The molecule has 140 valence electrons. The summed E-state index contributed by atoms with van der Waals surface area (Å²) in [5.41, 5.74) is 3.61. The summed E-state index contributed by atoms with van der Waals surface area (Å²) < 4.78 is 5.40. The number of guanidine groups is 1. The Kier molecular flexibility index (Phi) is 7.96. The number of nitrogens with zero attached hydrogens (tertiary/aromatic N) is 2. The fraction of sp³-hybridized carbons (Fsp3) is 0.381. The molecule has 0 aliphatic heterocycles. The Balaban J connectivity index is 1.97. The molecule has 0 aliphatic rings. The molecule has 0 bridgehead atoms. The second-order valence-electron chi connectivity index (χ2n) is 6.41. The van der Waals surface area contributed by atoms with Crippen LogP contribution in [0.25, 0.3) is 0 Å². The molecule has 0 saturated carbocycles. The molecule has 0 amide bonds. The SMILES string of the molecule is CCNC(=NCc1ccc(CN(C)C)cc1)NCc1ccccc1OC. The highest BCUT2D eigenvalue weighted by atomic mass is 16.5. The lowest BCUT2D eigenvalue weighted by atomic mass is 10.1. The van der Waals surface area contributed by atoms with E-state index in [1.807, 2.05) is 18.2 Å². The van der Waals surface area contributed by atoms with Crippen LogP contribution in [0.4, 0.5) is 0 Å². The topological polar surface area (TPSA) is 48.9 Å². The number of methoxy groups -OCH3 is 1. The monoisotopic (exact) mass is 354 g/mol. The van der Waals surface area contributed by atoms with Gasteiger partial charge >= 0.3 is 0 Å². The van der Waals surface area contributed by atoms with Crippen LogP contribution in [-0.2, 0) is 19.6 Å². The molecular formula is C21H30N4O. The molecule has 5 nitrogen and oxygen atoms in total. The number of nitrogens with one attached hydrogen (secondary N) is 2. The number of para-hydroxylation sites is 1. The van der Waals surface area contributed by atoms with Crippen LogP contribution in [0.1, 0.15) is 23.6 Å². The minimum Gasteiger partial charge on any atom is -0.496 e. The van der Waals surface area contributed by atoms with Gasteiger partial charge in [0.1, 0.15) is 5.75 Å². The van der Waals surface area contributed by atoms with Crippen molar-refractivity contribution in [2.45, 2.75) is 26.6 Å². The molecule has 0 fully saturated rings. The maximum absolute atomic E-state index is 5.40. The highest BCUT2D eigenvalue weighted by Gasteiger charge is 2.03. The van der Waals surface area contributed by atoms with E-state index < -0.39 is 0 Å². The average molecular weight is 354 g/mol. The number of aliphatic imine (C=N–C) groups is 1. The zero-order chi connectivity index (χ0) is 18.8. The summed E-state index contributed by atoms with van der Waals surface area (Å²) in [6.45, 7) is 5.14. The fourth-order valence-corrected chi connectivity index (χ4v) is 2.66. The first kappa shape index (κ1) is 19.8. The number of hydrogen-bond donors (Lipinski definition) is 2. The quantitative estimate of drug-likeness (QED) is 0.565. The summed E-state index contributed by atoms with van der Waals surface area (Å²) in [6.07, 6.45) is 0. The molecule has 2 aromatic carbocycles. The van der Waals surface area contributed by atoms with Gasteiger partial charge in [-0.25, -0.2) is 4.99 Å². The van der Waals surface area contributed by atoms with Crippen molar-refractivity contribution in [2.75, 3.05) is 27.7 Å². The molecule has 2 N–H and O–H groups in total. The Labute approximate surface area is 157 Å². The van der Waals surface area contributed by atoms with Crippen LogP contribution in [0.5, 0.6) is 5.75 Å². The Hall–Kier alpha value is -2.53. The van der Waals surface area contributed by atoms with Crippen molar-refractivity contribution in [1.82, 2.24) is 15.5 Å². The number of rotatable bonds is 8. The zero-order valence-corrected chi connectivity index (χ0v) is 16.2. The van der Waals surface area contributed by atoms with E-state index in [4.69, 9.17) is 4.74 Å². The van der Waals surface area contributed by atoms with Crippen LogP contribution in [0, 0.1) is 0 Å². The van der Waals surface area contributed by atoms with Gasteiger partial charge in [-0.2, -0.15) is 0 Å². The van der Waals surface area contributed by atoms with Gasteiger partial charge in [0, 0.05) is 25.2 Å². The van der Waals surface area contributed by atoms with Gasteiger partial charge < -0.3 is 20.3 Å². The third kappa shape index (κ3) is 6.41. The Morgan fingerprint density at radius 2 is 1.69 bits per heavy atom. The summed E-state index contributed by atoms with van der Waals surface area (Å²) in [5, 5.41) is 6.66. The van der Waals surface area contributed by atoms with Crippen molar-refractivity contribution in [1.29, 1.82) is 0 Å². The van der Waals surface area contributed by atoms with Crippen LogP contribution in [0.2, 0.25) is 0 Å². The molecule has 0 aliphatic carbocycles. The standard InChI is InChI=1S/C21H30N4O/c1-5-22-21(24-15-19-8-6-7-9-20(19)26-4)23-14-17-10-12-18(13-11-17)16-25(2)3/h6-13H,5,14-16H2,1-4H3,(H2,22,23,24). The Morgan fingerprint density at radius 1 is 1.00 bits per heavy atom. The third-order valence-corrected chi connectivity index (χ3v) is 3.92. The summed E-state index contributed by atoms with van der Waals surface area (Å²) in [7, 11) is 5.85. The van der Waals surface area contributed by atoms with Gasteiger partial charge in [0.25, 0.3) is 0 Å². The van der Waals surface area contributed by atoms with Crippen LogP contribution < -0.4 is 15.4 Å². The van der Waals surface area contributed by atoms with Crippen molar-refractivity contribution < 1.29 is 4.74 Å². The maximum atomic E-state index is 5.40. The van der Waals surface area contributed by atoms with Crippen LogP contribution in [0.15, 0.2) is 53.5 Å². The van der Waals surface area contributed by atoms with Gasteiger partial charge in [0.2, 0.25) is 0 Å². The van der Waals surface area contributed by atoms with E-state index in [0.717, 1.165) is 30.4 Å². The van der Waals surface area contributed by atoms with Gasteiger partial charge in [0.05, 0.1) is 13.7 Å². The average Bonchev–Trinajstić information content (AvgIpc) is 2.65. The molecule has 0 atom stereocenters. The zero-order valence-electron chi connectivity index (χ0n) is 16.2. The second-order valence-corrected chi connectivity index (χ2v) is 6.41. The van der Waals surface area contributed by atoms with E-state index in [1.54, 1.807) is 7.11 Å². The first-order chi connectivity index (χ1) is 12.6. The second kappa shape index (κ2) is 10.5. The lowest BCUT2D eigenvalue weighted by Gasteiger charge is -2.13. The van der Waals surface area contributed by atoms with E-state index in [0.29, 0.717) is 13.1 Å². The van der Waals surface area contributed by atoms with Gasteiger partial charge in [0.15, 0.2) is 5.96 Å². The van der Waals surface area contributed by atoms with Gasteiger partial charge in [-0.3, -0.25) is 0 Å². The fourth-order valence-electron chi connectivity index (χ4n) is 2.66. The first-order valence-corrected chi connectivity index (χ1v) is 8.99. The van der Waals surface area contributed by atoms with E-state index in [2.05, 4.69) is 71.9 Å². The minimum absolute atomic E-state index is 0.642. The third-order valence-electron chi connectivity index (χ3n) is 3.92. The van der Waals surface area contributed by atoms with E-state index >= 15 is 0 Å².